The molecule has 1 atom stereocenters. The molecule has 1 unspecified atom stereocenters. The highest BCUT2D eigenvalue weighted by Crippen LogP contribution is 2.22. The predicted molar refractivity (Wildman–Crippen MR) is 79.8 cm³/mol. The van der Waals surface area contributed by atoms with Crippen molar-refractivity contribution in [3.05, 3.63) is 32.7 Å². The Hall–Kier alpha value is -0.390. The van der Waals surface area contributed by atoms with E-state index in [2.05, 4.69) is 37.2 Å². The van der Waals surface area contributed by atoms with Crippen molar-refractivity contribution in [3.63, 3.8) is 0 Å². The van der Waals surface area contributed by atoms with Crippen LogP contribution >= 0.6 is 31.9 Å². The van der Waals surface area contributed by atoms with Crippen LogP contribution in [0.2, 0.25) is 0 Å². The van der Waals surface area contributed by atoms with E-state index in [1.54, 1.807) is 0 Å². The van der Waals surface area contributed by atoms with E-state index in [1.807, 2.05) is 30.0 Å². The van der Waals surface area contributed by atoms with Crippen LogP contribution in [-0.2, 0) is 0 Å². The maximum absolute atomic E-state index is 12.5. The van der Waals surface area contributed by atoms with Crippen molar-refractivity contribution in [2.75, 3.05) is 19.6 Å². The molecule has 0 radical (unpaired) electrons. The van der Waals surface area contributed by atoms with Gasteiger partial charge in [-0.05, 0) is 38.1 Å². The van der Waals surface area contributed by atoms with Crippen LogP contribution in [0.3, 0.4) is 0 Å². The molecule has 2 rings (SSSR count). The fourth-order valence-electron chi connectivity index (χ4n) is 2.32. The molecule has 1 aromatic rings. The molecule has 98 valence electrons. The lowest BCUT2D eigenvalue weighted by molar-refractivity contribution is 0.0703. The third-order valence-corrected chi connectivity index (χ3v) is 4.10. The van der Waals surface area contributed by atoms with Crippen LogP contribution in [0.4, 0.5) is 0 Å². The number of likely N-dealkylation sites (N-methyl/N-ethyl adjacent to an activating group) is 1. The molecule has 1 aromatic carbocycles. The van der Waals surface area contributed by atoms with Gasteiger partial charge in [0.1, 0.15) is 0 Å². The lowest BCUT2D eigenvalue weighted by Gasteiger charge is -2.27. The predicted octanol–water partition coefficient (Wildman–Crippen LogP) is 3.04. The number of benzene rings is 1. The molecule has 18 heavy (non-hydrogen) atoms. The zero-order valence-electron chi connectivity index (χ0n) is 10.2. The maximum Gasteiger partial charge on any atom is 0.254 e. The summed E-state index contributed by atoms with van der Waals surface area (Å²) in [7, 11) is 0. The van der Waals surface area contributed by atoms with Gasteiger partial charge in [0.15, 0.2) is 0 Å². The summed E-state index contributed by atoms with van der Waals surface area (Å²) in [5, 5.41) is 3.30. The highest BCUT2D eigenvalue weighted by Gasteiger charge is 2.26. The molecular weight excluding hydrogens is 360 g/mol. The van der Waals surface area contributed by atoms with Gasteiger partial charge in [-0.1, -0.05) is 31.9 Å². The third kappa shape index (κ3) is 3.13. The Kier molecular flexibility index (Phi) is 4.81. The smallest absolute Gasteiger partial charge is 0.254 e. The van der Waals surface area contributed by atoms with E-state index in [4.69, 9.17) is 0 Å². The van der Waals surface area contributed by atoms with Gasteiger partial charge in [-0.3, -0.25) is 4.79 Å². The zero-order valence-corrected chi connectivity index (χ0v) is 13.4. The minimum Gasteiger partial charge on any atom is -0.335 e. The first kappa shape index (κ1) is 14.0. The number of nitrogens with zero attached hydrogens (tertiary/aromatic N) is 1. The topological polar surface area (TPSA) is 32.3 Å². The Morgan fingerprint density at radius 1 is 1.39 bits per heavy atom. The molecule has 1 saturated heterocycles. The highest BCUT2D eigenvalue weighted by molar-refractivity contribution is 9.11. The van der Waals surface area contributed by atoms with Gasteiger partial charge in [0, 0.05) is 33.6 Å². The lowest BCUT2D eigenvalue weighted by Crippen LogP contribution is -2.41. The number of rotatable bonds is 3. The van der Waals surface area contributed by atoms with Gasteiger partial charge in [0.05, 0.1) is 0 Å². The maximum atomic E-state index is 12.5. The molecule has 1 N–H and O–H groups in total. The Balaban J connectivity index is 2.22. The number of amides is 1. The minimum atomic E-state index is 0.105. The van der Waals surface area contributed by atoms with Crippen LogP contribution in [0.15, 0.2) is 27.1 Å². The summed E-state index contributed by atoms with van der Waals surface area (Å²) in [5.41, 5.74) is 0.727. The van der Waals surface area contributed by atoms with Gasteiger partial charge < -0.3 is 10.2 Å². The van der Waals surface area contributed by atoms with E-state index >= 15 is 0 Å². The van der Waals surface area contributed by atoms with Gasteiger partial charge in [-0.25, -0.2) is 0 Å². The summed E-state index contributed by atoms with van der Waals surface area (Å²) in [4.78, 5) is 14.5. The van der Waals surface area contributed by atoms with Crippen LogP contribution in [0, 0.1) is 0 Å². The van der Waals surface area contributed by atoms with Gasteiger partial charge in [-0.15, -0.1) is 0 Å². The SMILES string of the molecule is CCN(C(=O)c1cc(Br)cc(Br)c1)C1CCNC1. The Labute approximate surface area is 124 Å². The average Bonchev–Trinajstić information content (AvgIpc) is 2.82. The van der Waals surface area contributed by atoms with E-state index in [0.29, 0.717) is 6.04 Å². The Morgan fingerprint density at radius 2 is 2.06 bits per heavy atom. The van der Waals surface area contributed by atoms with Crippen molar-refractivity contribution in [3.8, 4) is 0 Å². The summed E-state index contributed by atoms with van der Waals surface area (Å²) in [6.45, 7) is 4.67. The van der Waals surface area contributed by atoms with E-state index in [-0.39, 0.29) is 5.91 Å². The van der Waals surface area contributed by atoms with Crippen molar-refractivity contribution in [2.45, 2.75) is 19.4 Å². The molecule has 1 fully saturated rings. The standard InChI is InChI=1S/C13H16Br2N2O/c1-2-17(12-3-4-16-8-12)13(18)9-5-10(14)7-11(15)6-9/h5-7,12,16H,2-4,8H2,1H3. The molecule has 0 spiro atoms. The van der Waals surface area contributed by atoms with Crippen molar-refractivity contribution in [2.24, 2.45) is 0 Å². The number of hydrogen-bond acceptors (Lipinski definition) is 2. The third-order valence-electron chi connectivity index (χ3n) is 3.19. The van der Waals surface area contributed by atoms with Crippen LogP contribution < -0.4 is 5.32 Å². The number of carbonyl (C=O) groups excluding carboxylic acids is 1. The van der Waals surface area contributed by atoms with Crippen LogP contribution in [0.1, 0.15) is 23.7 Å². The monoisotopic (exact) mass is 374 g/mol. The highest BCUT2D eigenvalue weighted by atomic mass is 79.9. The van der Waals surface area contributed by atoms with Gasteiger partial charge in [-0.2, -0.15) is 0 Å². The first-order valence-electron chi connectivity index (χ1n) is 6.09. The van der Waals surface area contributed by atoms with Crippen molar-refractivity contribution in [1.29, 1.82) is 0 Å². The summed E-state index contributed by atoms with van der Waals surface area (Å²) >= 11 is 6.85. The first-order chi connectivity index (χ1) is 8.61. The van der Waals surface area contributed by atoms with Crippen molar-refractivity contribution in [1.82, 2.24) is 10.2 Å². The quantitative estimate of drug-likeness (QED) is 0.880. The van der Waals surface area contributed by atoms with Crippen LogP contribution in [0.25, 0.3) is 0 Å². The Morgan fingerprint density at radius 3 is 2.56 bits per heavy atom. The molecular formula is C13H16Br2N2O. The van der Waals surface area contributed by atoms with Crippen molar-refractivity contribution >= 4 is 37.8 Å². The fraction of sp³-hybridized carbons (Fsp3) is 0.462. The number of nitrogens with one attached hydrogen (secondary N) is 1. The molecule has 1 amide bonds. The summed E-state index contributed by atoms with van der Waals surface area (Å²) in [6.07, 6.45) is 1.04. The van der Waals surface area contributed by atoms with E-state index in [0.717, 1.165) is 40.6 Å². The molecule has 1 heterocycles. The largest absolute Gasteiger partial charge is 0.335 e. The average molecular weight is 376 g/mol. The molecule has 5 heteroatoms. The van der Waals surface area contributed by atoms with E-state index < -0.39 is 0 Å². The number of halogens is 2. The lowest BCUT2D eigenvalue weighted by atomic mass is 10.1. The van der Waals surface area contributed by atoms with Crippen LogP contribution in [0.5, 0.6) is 0 Å². The zero-order chi connectivity index (χ0) is 13.1. The van der Waals surface area contributed by atoms with Gasteiger partial charge in [0.2, 0.25) is 0 Å². The van der Waals surface area contributed by atoms with Crippen molar-refractivity contribution < 1.29 is 4.79 Å². The fourth-order valence-corrected chi connectivity index (χ4v) is 3.61. The molecule has 0 aromatic heterocycles. The van der Waals surface area contributed by atoms with E-state index in [9.17, 15) is 4.79 Å². The molecule has 3 nitrogen and oxygen atoms in total. The summed E-state index contributed by atoms with van der Waals surface area (Å²) in [5.74, 6) is 0.105. The van der Waals surface area contributed by atoms with Gasteiger partial charge >= 0.3 is 0 Å². The first-order valence-corrected chi connectivity index (χ1v) is 7.68. The number of carbonyl (C=O) groups is 1. The normalized spacial score (nSPS) is 18.9. The summed E-state index contributed by atoms with van der Waals surface area (Å²) < 4.78 is 1.83. The summed E-state index contributed by atoms with van der Waals surface area (Å²) in [6, 6.07) is 6.00. The van der Waals surface area contributed by atoms with Gasteiger partial charge in [0.25, 0.3) is 5.91 Å². The minimum absolute atomic E-state index is 0.105. The molecule has 1 aliphatic rings. The second-order valence-electron chi connectivity index (χ2n) is 4.40. The Bertz CT molecular complexity index is 424. The second kappa shape index (κ2) is 6.17. The van der Waals surface area contributed by atoms with E-state index in [1.165, 1.54) is 0 Å². The molecule has 0 saturated carbocycles. The number of hydrogen-bond donors (Lipinski definition) is 1. The second-order valence-corrected chi connectivity index (χ2v) is 6.23. The van der Waals surface area contributed by atoms with Crippen LogP contribution in [-0.4, -0.2) is 36.5 Å². The molecule has 0 bridgehead atoms. The molecule has 1 aliphatic heterocycles. The molecule has 0 aliphatic carbocycles.